The molecule has 1 aromatic heterocycles. The Hall–Kier alpha value is -1.99. The van der Waals surface area contributed by atoms with Crippen molar-refractivity contribution in [2.24, 2.45) is 0 Å². The average Bonchev–Trinajstić information content (AvgIpc) is 2.80. The van der Waals surface area contributed by atoms with Crippen LogP contribution in [0.4, 0.5) is 5.69 Å². The average molecular weight is 263 g/mol. The predicted octanol–water partition coefficient (Wildman–Crippen LogP) is -0.114. The van der Waals surface area contributed by atoms with Gasteiger partial charge in [-0.3, -0.25) is 10.1 Å². The zero-order chi connectivity index (χ0) is 13.2. The van der Waals surface area contributed by atoms with Gasteiger partial charge in [0.25, 0.3) is 5.69 Å². The van der Waals surface area contributed by atoms with Crippen LogP contribution in [-0.2, 0) is 11.3 Å². The Labute approximate surface area is 109 Å². The maximum absolute atomic E-state index is 10.7. The van der Waals surface area contributed by atoms with Gasteiger partial charge < -0.3 is 14.6 Å². The van der Waals surface area contributed by atoms with Gasteiger partial charge >= 0.3 is 0 Å². The fourth-order valence-electron chi connectivity index (χ4n) is 2.32. The largest absolute Gasteiger partial charge is 0.370 e. The normalized spacial score (nSPS) is 16.8. The van der Waals surface area contributed by atoms with Crippen molar-refractivity contribution in [2.75, 3.05) is 26.3 Å². The Balaban J connectivity index is 1.82. The molecule has 0 amide bonds. The first-order valence-electron chi connectivity index (χ1n) is 6.27. The van der Waals surface area contributed by atoms with Gasteiger partial charge in [0.1, 0.15) is 19.6 Å². The molecule has 1 aliphatic heterocycles. The molecule has 3 rings (SSSR count). The van der Waals surface area contributed by atoms with Gasteiger partial charge in [-0.05, 0) is 6.07 Å². The molecule has 0 unspecified atom stereocenters. The predicted molar refractivity (Wildman–Crippen MR) is 68.0 cm³/mol. The summed E-state index contributed by atoms with van der Waals surface area (Å²) >= 11 is 0. The number of imidazole rings is 1. The lowest BCUT2D eigenvalue weighted by molar-refractivity contribution is -0.922. The highest BCUT2D eigenvalue weighted by Gasteiger charge is 2.17. The fourth-order valence-corrected chi connectivity index (χ4v) is 2.32. The molecular formula is C12H15N4O3+. The number of fused-ring (bicyclic) bond motifs is 1. The lowest BCUT2D eigenvalue weighted by Crippen LogP contribution is -3.12. The van der Waals surface area contributed by atoms with Crippen LogP contribution in [0.2, 0.25) is 0 Å². The minimum absolute atomic E-state index is 0.0846. The highest BCUT2D eigenvalue weighted by Crippen LogP contribution is 2.18. The van der Waals surface area contributed by atoms with Crippen LogP contribution in [0.25, 0.3) is 11.0 Å². The third kappa shape index (κ3) is 2.56. The van der Waals surface area contributed by atoms with E-state index in [0.29, 0.717) is 0 Å². The van der Waals surface area contributed by atoms with Gasteiger partial charge in [0, 0.05) is 12.1 Å². The minimum Gasteiger partial charge on any atom is -0.370 e. The number of morpholine rings is 1. The lowest BCUT2D eigenvalue weighted by atomic mass is 10.3. The number of hydrogen-bond acceptors (Lipinski definition) is 4. The Morgan fingerprint density at radius 3 is 2.95 bits per heavy atom. The molecule has 1 fully saturated rings. The van der Waals surface area contributed by atoms with E-state index in [1.165, 1.54) is 17.0 Å². The minimum atomic E-state index is -0.396. The van der Waals surface area contributed by atoms with E-state index in [0.717, 1.165) is 49.7 Å². The maximum Gasteiger partial charge on any atom is 0.271 e. The zero-order valence-electron chi connectivity index (χ0n) is 10.4. The Bertz CT molecular complexity index is 604. The molecule has 0 atom stereocenters. The number of quaternary nitrogens is 1. The van der Waals surface area contributed by atoms with Gasteiger partial charge in [-0.15, -0.1) is 0 Å². The first-order chi connectivity index (χ1) is 9.22. The number of hydrogen-bond donors (Lipinski definition) is 2. The Kier molecular flexibility index (Phi) is 3.14. The number of ether oxygens (including phenoxy) is 1. The number of rotatable bonds is 3. The first kappa shape index (κ1) is 12.1. The summed E-state index contributed by atoms with van der Waals surface area (Å²) in [6.45, 7) is 4.29. The van der Waals surface area contributed by atoms with Gasteiger partial charge in [-0.2, -0.15) is 0 Å². The molecule has 0 spiro atoms. The lowest BCUT2D eigenvalue weighted by Gasteiger charge is -2.22. The van der Waals surface area contributed by atoms with Crippen LogP contribution in [0.5, 0.6) is 0 Å². The van der Waals surface area contributed by atoms with E-state index in [4.69, 9.17) is 4.74 Å². The number of H-pyrrole nitrogens is 1. The molecule has 2 heterocycles. The molecule has 7 nitrogen and oxygen atoms in total. The van der Waals surface area contributed by atoms with E-state index >= 15 is 0 Å². The van der Waals surface area contributed by atoms with Gasteiger partial charge in [0.15, 0.2) is 5.82 Å². The number of nitro benzene ring substituents is 1. The number of aromatic amines is 1. The number of benzene rings is 1. The van der Waals surface area contributed by atoms with Crippen molar-refractivity contribution in [2.45, 2.75) is 6.54 Å². The molecule has 0 bridgehead atoms. The summed E-state index contributed by atoms with van der Waals surface area (Å²) in [7, 11) is 0. The SMILES string of the molecule is O=[N+]([O-])c1ccc2nc(C[NH+]3CCOCC3)[nH]c2c1. The summed E-state index contributed by atoms with van der Waals surface area (Å²) in [5.74, 6) is 0.868. The second kappa shape index (κ2) is 4.94. The molecule has 1 aliphatic rings. The van der Waals surface area contributed by atoms with Crippen LogP contribution in [0.3, 0.4) is 0 Å². The van der Waals surface area contributed by atoms with E-state index < -0.39 is 4.92 Å². The Morgan fingerprint density at radius 2 is 2.21 bits per heavy atom. The van der Waals surface area contributed by atoms with E-state index in [-0.39, 0.29) is 5.69 Å². The summed E-state index contributed by atoms with van der Waals surface area (Å²) in [4.78, 5) is 19.4. The summed E-state index contributed by atoms with van der Waals surface area (Å²) in [5.41, 5.74) is 1.58. The number of aromatic nitrogens is 2. The quantitative estimate of drug-likeness (QED) is 0.597. The first-order valence-corrected chi connectivity index (χ1v) is 6.27. The molecule has 7 heteroatoms. The van der Waals surface area contributed by atoms with E-state index in [1.807, 2.05) is 0 Å². The second-order valence-electron chi connectivity index (χ2n) is 4.68. The number of nitrogens with zero attached hydrogens (tertiary/aromatic N) is 2. The molecule has 1 saturated heterocycles. The van der Waals surface area contributed by atoms with Crippen molar-refractivity contribution in [1.29, 1.82) is 0 Å². The standard InChI is InChI=1S/C12H14N4O3/c17-16(18)9-1-2-10-11(7-9)14-12(13-10)8-15-3-5-19-6-4-15/h1-2,7H,3-6,8H2,(H,13,14)/p+1. The molecule has 100 valence electrons. The van der Waals surface area contributed by atoms with Crippen LogP contribution in [0, 0.1) is 10.1 Å². The highest BCUT2D eigenvalue weighted by atomic mass is 16.6. The molecule has 0 radical (unpaired) electrons. The van der Waals surface area contributed by atoms with Crippen molar-refractivity contribution in [3.05, 3.63) is 34.1 Å². The summed E-state index contributed by atoms with van der Waals surface area (Å²) in [6, 6.07) is 4.69. The van der Waals surface area contributed by atoms with E-state index in [2.05, 4.69) is 9.97 Å². The van der Waals surface area contributed by atoms with Crippen LogP contribution in [0.15, 0.2) is 18.2 Å². The number of nitro groups is 1. The van der Waals surface area contributed by atoms with Crippen molar-refractivity contribution in [1.82, 2.24) is 9.97 Å². The van der Waals surface area contributed by atoms with Gasteiger partial charge in [0.05, 0.1) is 29.2 Å². The fraction of sp³-hybridized carbons (Fsp3) is 0.417. The van der Waals surface area contributed by atoms with Crippen molar-refractivity contribution < 1.29 is 14.6 Å². The van der Waals surface area contributed by atoms with Crippen molar-refractivity contribution in [3.8, 4) is 0 Å². The molecule has 2 aromatic rings. The van der Waals surface area contributed by atoms with Crippen LogP contribution < -0.4 is 4.90 Å². The molecular weight excluding hydrogens is 248 g/mol. The molecule has 0 saturated carbocycles. The number of nitrogens with one attached hydrogen (secondary N) is 2. The zero-order valence-corrected chi connectivity index (χ0v) is 10.4. The van der Waals surface area contributed by atoms with Crippen molar-refractivity contribution in [3.63, 3.8) is 0 Å². The van der Waals surface area contributed by atoms with Crippen molar-refractivity contribution >= 4 is 16.7 Å². The van der Waals surface area contributed by atoms with Gasteiger partial charge in [0.2, 0.25) is 0 Å². The number of non-ortho nitro benzene ring substituents is 1. The summed E-state index contributed by atoms with van der Waals surface area (Å²) in [6.07, 6.45) is 0. The molecule has 0 aliphatic carbocycles. The van der Waals surface area contributed by atoms with E-state index in [1.54, 1.807) is 6.07 Å². The van der Waals surface area contributed by atoms with Crippen LogP contribution in [0.1, 0.15) is 5.82 Å². The van der Waals surface area contributed by atoms with Crippen LogP contribution >= 0.6 is 0 Å². The molecule has 1 aromatic carbocycles. The topological polar surface area (TPSA) is 85.5 Å². The second-order valence-corrected chi connectivity index (χ2v) is 4.68. The van der Waals surface area contributed by atoms with E-state index in [9.17, 15) is 10.1 Å². The smallest absolute Gasteiger partial charge is 0.271 e. The third-order valence-corrected chi connectivity index (χ3v) is 3.34. The molecule has 19 heavy (non-hydrogen) atoms. The van der Waals surface area contributed by atoms with Gasteiger partial charge in [-0.1, -0.05) is 0 Å². The third-order valence-electron chi connectivity index (χ3n) is 3.34. The summed E-state index contributed by atoms with van der Waals surface area (Å²) in [5, 5.41) is 10.7. The van der Waals surface area contributed by atoms with Gasteiger partial charge in [-0.25, -0.2) is 4.98 Å². The Morgan fingerprint density at radius 1 is 1.42 bits per heavy atom. The summed E-state index contributed by atoms with van der Waals surface area (Å²) < 4.78 is 5.31. The maximum atomic E-state index is 10.7. The van der Waals surface area contributed by atoms with Crippen LogP contribution in [-0.4, -0.2) is 41.2 Å². The molecule has 2 N–H and O–H groups in total. The highest BCUT2D eigenvalue weighted by molar-refractivity contribution is 5.77. The monoisotopic (exact) mass is 263 g/mol.